The summed E-state index contributed by atoms with van der Waals surface area (Å²) in [6.45, 7) is 7.61. The van der Waals surface area contributed by atoms with Gasteiger partial charge in [-0.15, -0.1) is 0 Å². The van der Waals surface area contributed by atoms with Gasteiger partial charge in [-0.3, -0.25) is 0 Å². The van der Waals surface area contributed by atoms with E-state index in [1.54, 1.807) is 12.1 Å². The molecular formula is C50H31N5. The summed E-state index contributed by atoms with van der Waals surface area (Å²) in [5.41, 5.74) is 12.3. The second-order valence-corrected chi connectivity index (χ2v) is 13.6. The van der Waals surface area contributed by atoms with E-state index in [2.05, 4.69) is 183 Å². The molecule has 0 aliphatic heterocycles. The molecule has 0 N–H and O–H groups in total. The van der Waals surface area contributed by atoms with E-state index in [9.17, 15) is 5.26 Å². The van der Waals surface area contributed by atoms with Gasteiger partial charge >= 0.3 is 0 Å². The fourth-order valence-electron chi connectivity index (χ4n) is 8.17. The molecule has 0 bridgehead atoms. The highest BCUT2D eigenvalue weighted by Crippen LogP contribution is 2.44. The minimum atomic E-state index is 0.438. The van der Waals surface area contributed by atoms with Crippen molar-refractivity contribution in [2.24, 2.45) is 0 Å². The molecule has 2 aromatic heterocycles. The lowest BCUT2D eigenvalue weighted by Crippen LogP contribution is -2.09. The van der Waals surface area contributed by atoms with Crippen LogP contribution in [0.2, 0.25) is 0 Å². The van der Waals surface area contributed by atoms with Crippen LogP contribution in [-0.4, -0.2) is 9.13 Å². The van der Waals surface area contributed by atoms with E-state index in [4.69, 9.17) is 6.57 Å². The second-order valence-electron chi connectivity index (χ2n) is 13.6. The van der Waals surface area contributed by atoms with Crippen molar-refractivity contribution in [3.63, 3.8) is 0 Å². The lowest BCUT2D eigenvalue weighted by atomic mass is 9.97. The number of anilines is 3. The average molecular weight is 702 g/mol. The van der Waals surface area contributed by atoms with Gasteiger partial charge in [0.05, 0.1) is 46.0 Å². The molecule has 5 nitrogen and oxygen atoms in total. The fourth-order valence-corrected chi connectivity index (χ4v) is 8.17. The van der Waals surface area contributed by atoms with Crippen molar-refractivity contribution >= 4 is 66.4 Å². The van der Waals surface area contributed by atoms with Gasteiger partial charge in [0.1, 0.15) is 0 Å². The van der Waals surface area contributed by atoms with Gasteiger partial charge in [0.2, 0.25) is 0 Å². The third-order valence-corrected chi connectivity index (χ3v) is 10.5. The molecule has 5 heteroatoms. The summed E-state index contributed by atoms with van der Waals surface area (Å²) in [6.07, 6.45) is 0. The number of nitriles is 1. The zero-order chi connectivity index (χ0) is 36.9. The summed E-state index contributed by atoms with van der Waals surface area (Å²) >= 11 is 0. The highest BCUT2D eigenvalue weighted by atomic mass is 15.1. The molecule has 0 spiro atoms. The number of hydrogen-bond donors (Lipinski definition) is 0. The first-order valence-electron chi connectivity index (χ1n) is 18.2. The zero-order valence-electron chi connectivity index (χ0n) is 29.6. The smallest absolute Gasteiger partial charge is 0.188 e. The largest absolute Gasteiger partial charge is 0.310 e. The Hall–Kier alpha value is -7.86. The predicted octanol–water partition coefficient (Wildman–Crippen LogP) is 13.4. The van der Waals surface area contributed by atoms with Crippen LogP contribution in [0.4, 0.5) is 22.7 Å². The average Bonchev–Trinajstić information content (AvgIpc) is 3.77. The van der Waals surface area contributed by atoms with Crippen molar-refractivity contribution in [2.75, 3.05) is 4.90 Å². The third-order valence-electron chi connectivity index (χ3n) is 10.5. The maximum absolute atomic E-state index is 10.4. The molecule has 0 unspecified atom stereocenters. The van der Waals surface area contributed by atoms with Crippen LogP contribution < -0.4 is 4.90 Å². The Morgan fingerprint density at radius 3 is 1.85 bits per heavy atom. The summed E-state index contributed by atoms with van der Waals surface area (Å²) in [5, 5.41) is 14.9. The standard InChI is InChI=1S/C50H31N5/c1-52-36-25-28-45(35(30-36)33-51)55-48-29-26-40(53(37-14-5-2-6-15-37)38-16-7-3-8-17-38)32-44(48)50-41(21-13-23-49(50)55)34-24-27-47-43(31-34)42-20-11-12-22-46(42)54(47)39-18-9-4-10-19-39/h2-32H. The predicted molar refractivity (Wildman–Crippen MR) is 226 cm³/mol. The molecule has 0 aliphatic carbocycles. The first kappa shape index (κ1) is 31.8. The molecule has 8 aromatic carbocycles. The van der Waals surface area contributed by atoms with Crippen LogP contribution in [0.25, 0.3) is 71.0 Å². The van der Waals surface area contributed by atoms with Crippen molar-refractivity contribution in [1.82, 2.24) is 9.13 Å². The van der Waals surface area contributed by atoms with Crippen LogP contribution in [-0.2, 0) is 0 Å². The Balaban J connectivity index is 1.28. The molecule has 0 aliphatic rings. The fraction of sp³-hybridized carbons (Fsp3) is 0. The number of aromatic nitrogens is 2. The molecule has 0 saturated carbocycles. The van der Waals surface area contributed by atoms with Gasteiger partial charge in [0.25, 0.3) is 0 Å². The number of rotatable bonds is 6. The second kappa shape index (κ2) is 13.0. The Morgan fingerprint density at radius 1 is 0.491 bits per heavy atom. The number of fused-ring (bicyclic) bond motifs is 6. The van der Waals surface area contributed by atoms with Crippen molar-refractivity contribution in [1.29, 1.82) is 5.26 Å². The summed E-state index contributed by atoms with van der Waals surface area (Å²) in [6, 6.07) is 67.6. The highest BCUT2D eigenvalue weighted by molar-refractivity contribution is 6.18. The van der Waals surface area contributed by atoms with Crippen molar-refractivity contribution < 1.29 is 0 Å². The zero-order valence-corrected chi connectivity index (χ0v) is 29.6. The Kier molecular flexibility index (Phi) is 7.51. The van der Waals surface area contributed by atoms with E-state index in [0.29, 0.717) is 11.3 Å². The van der Waals surface area contributed by atoms with Crippen LogP contribution in [0.5, 0.6) is 0 Å². The first-order valence-corrected chi connectivity index (χ1v) is 18.2. The number of benzene rings is 8. The molecular weight excluding hydrogens is 671 g/mol. The molecule has 256 valence electrons. The Morgan fingerprint density at radius 2 is 1.13 bits per heavy atom. The van der Waals surface area contributed by atoms with Gasteiger partial charge in [0.15, 0.2) is 5.69 Å². The molecule has 2 heterocycles. The lowest BCUT2D eigenvalue weighted by molar-refractivity contribution is 1.17. The summed E-state index contributed by atoms with van der Waals surface area (Å²) < 4.78 is 4.52. The van der Waals surface area contributed by atoms with Crippen LogP contribution in [0.1, 0.15) is 5.56 Å². The summed E-state index contributed by atoms with van der Waals surface area (Å²) in [5.74, 6) is 0. The minimum Gasteiger partial charge on any atom is -0.310 e. The van der Waals surface area contributed by atoms with E-state index < -0.39 is 0 Å². The van der Waals surface area contributed by atoms with Crippen molar-refractivity contribution in [3.8, 4) is 28.6 Å². The van der Waals surface area contributed by atoms with Gasteiger partial charge in [-0.05, 0) is 102 Å². The van der Waals surface area contributed by atoms with E-state index in [0.717, 1.165) is 72.4 Å². The first-order chi connectivity index (χ1) is 27.2. The molecule has 0 amide bonds. The van der Waals surface area contributed by atoms with E-state index in [1.165, 1.54) is 10.8 Å². The van der Waals surface area contributed by atoms with Gasteiger partial charge in [0, 0.05) is 44.3 Å². The number of nitrogens with zero attached hydrogens (tertiary/aromatic N) is 5. The molecule has 55 heavy (non-hydrogen) atoms. The lowest BCUT2D eigenvalue weighted by Gasteiger charge is -2.25. The maximum Gasteiger partial charge on any atom is 0.188 e. The molecule has 10 rings (SSSR count). The molecule has 0 radical (unpaired) electrons. The Labute approximate surface area is 318 Å². The molecule has 0 fully saturated rings. The van der Waals surface area contributed by atoms with Gasteiger partial charge in [-0.25, -0.2) is 4.85 Å². The van der Waals surface area contributed by atoms with Crippen LogP contribution in [0.15, 0.2) is 188 Å². The van der Waals surface area contributed by atoms with Crippen molar-refractivity contribution in [3.05, 3.63) is 205 Å². The molecule has 0 atom stereocenters. The van der Waals surface area contributed by atoms with E-state index >= 15 is 0 Å². The van der Waals surface area contributed by atoms with Gasteiger partial charge in [-0.2, -0.15) is 5.26 Å². The normalized spacial score (nSPS) is 11.2. The number of hydrogen-bond acceptors (Lipinski definition) is 2. The number of para-hydroxylation sites is 4. The molecule has 10 aromatic rings. The quantitative estimate of drug-likeness (QED) is 0.162. The Bertz CT molecular complexity index is 3120. The molecule has 0 saturated heterocycles. The summed E-state index contributed by atoms with van der Waals surface area (Å²) in [4.78, 5) is 5.90. The minimum absolute atomic E-state index is 0.438. The van der Waals surface area contributed by atoms with E-state index in [1.807, 2.05) is 18.2 Å². The van der Waals surface area contributed by atoms with Gasteiger partial charge < -0.3 is 14.0 Å². The summed E-state index contributed by atoms with van der Waals surface area (Å²) in [7, 11) is 0. The maximum atomic E-state index is 10.4. The van der Waals surface area contributed by atoms with Crippen LogP contribution in [0, 0.1) is 17.9 Å². The van der Waals surface area contributed by atoms with E-state index in [-0.39, 0.29) is 0 Å². The van der Waals surface area contributed by atoms with Crippen LogP contribution in [0.3, 0.4) is 0 Å². The van der Waals surface area contributed by atoms with Crippen molar-refractivity contribution in [2.45, 2.75) is 0 Å². The third kappa shape index (κ3) is 5.15. The van der Waals surface area contributed by atoms with Gasteiger partial charge in [-0.1, -0.05) is 97.1 Å². The monoisotopic (exact) mass is 701 g/mol. The van der Waals surface area contributed by atoms with Crippen LogP contribution >= 0.6 is 0 Å². The SMILES string of the molecule is [C-]#[N+]c1ccc(-n2c3ccc(N(c4ccccc4)c4ccccc4)cc3c3c(-c4ccc5c(c4)c4ccccc4n5-c4ccccc4)cccc32)c(C#N)c1. The highest BCUT2D eigenvalue weighted by Gasteiger charge is 2.22. The topological polar surface area (TPSA) is 41.2 Å².